The molecule has 0 atom stereocenters. The van der Waals surface area contributed by atoms with Crippen LogP contribution in [0.1, 0.15) is 99.1 Å². The number of anilines is 1. The number of fused-ring (bicyclic) bond motifs is 3. The zero-order valence-electron chi connectivity index (χ0n) is 23.1. The van der Waals surface area contributed by atoms with Gasteiger partial charge in [0.25, 0.3) is 0 Å². The van der Waals surface area contributed by atoms with Crippen molar-refractivity contribution in [3.63, 3.8) is 0 Å². The van der Waals surface area contributed by atoms with Crippen LogP contribution in [0.4, 0.5) is 5.69 Å². The van der Waals surface area contributed by atoms with Crippen LogP contribution in [-0.2, 0) is 19.3 Å². The average Bonchev–Trinajstić information content (AvgIpc) is 3.63. The van der Waals surface area contributed by atoms with E-state index in [0.29, 0.717) is 17.8 Å². The molecule has 190 valence electrons. The van der Waals surface area contributed by atoms with Gasteiger partial charge in [-0.2, -0.15) is 0 Å². The minimum atomic E-state index is 0.615. The van der Waals surface area contributed by atoms with Crippen molar-refractivity contribution in [3.8, 4) is 0 Å². The van der Waals surface area contributed by atoms with E-state index in [-0.39, 0.29) is 0 Å². The van der Waals surface area contributed by atoms with Crippen LogP contribution in [0.3, 0.4) is 0 Å². The maximum atomic E-state index is 3.37. The van der Waals surface area contributed by atoms with Crippen molar-refractivity contribution in [2.75, 3.05) is 11.9 Å². The zero-order valence-corrected chi connectivity index (χ0v) is 23.1. The highest BCUT2D eigenvalue weighted by atomic mass is 14.9. The van der Waals surface area contributed by atoms with Gasteiger partial charge in [0, 0.05) is 23.9 Å². The zero-order chi connectivity index (χ0) is 25.7. The molecule has 2 heterocycles. The Labute approximate surface area is 218 Å². The number of aromatic amines is 1. The summed E-state index contributed by atoms with van der Waals surface area (Å²) in [6.07, 6.45) is 7.13. The van der Waals surface area contributed by atoms with Crippen LogP contribution in [-0.4, -0.2) is 11.5 Å². The summed E-state index contributed by atoms with van der Waals surface area (Å²) in [6.45, 7) is 14.5. The molecule has 1 aliphatic heterocycles. The van der Waals surface area contributed by atoms with Crippen LogP contribution in [0.5, 0.6) is 0 Å². The summed E-state index contributed by atoms with van der Waals surface area (Å²) in [6, 6.07) is 22.4. The molecule has 0 unspecified atom stereocenters. The lowest BCUT2D eigenvalue weighted by atomic mass is 9.99. The predicted octanol–water partition coefficient (Wildman–Crippen LogP) is 9.37. The third-order valence-electron chi connectivity index (χ3n) is 7.54. The van der Waals surface area contributed by atoms with Crippen molar-refractivity contribution in [1.29, 1.82) is 0 Å². The van der Waals surface area contributed by atoms with Gasteiger partial charge >= 0.3 is 0 Å². The minimum absolute atomic E-state index is 0.615. The molecule has 0 bridgehead atoms. The summed E-state index contributed by atoms with van der Waals surface area (Å²) in [5.41, 5.74) is 11.6. The van der Waals surface area contributed by atoms with E-state index in [1.165, 1.54) is 64.5 Å². The molecule has 3 aromatic carbocycles. The highest BCUT2D eigenvalue weighted by Crippen LogP contribution is 2.27. The van der Waals surface area contributed by atoms with E-state index >= 15 is 0 Å². The van der Waals surface area contributed by atoms with Crippen LogP contribution < -0.4 is 5.32 Å². The second-order valence-corrected chi connectivity index (χ2v) is 11.3. The van der Waals surface area contributed by atoms with Gasteiger partial charge in [-0.25, -0.2) is 0 Å². The van der Waals surface area contributed by atoms with Gasteiger partial charge in [0.05, 0.1) is 0 Å². The average molecular weight is 481 g/mol. The van der Waals surface area contributed by atoms with Crippen molar-refractivity contribution in [2.45, 2.75) is 85.0 Å². The molecular formula is C34H44N2. The van der Waals surface area contributed by atoms with Crippen LogP contribution in [0.15, 0.2) is 66.9 Å². The molecule has 0 saturated carbocycles. The monoisotopic (exact) mass is 480 g/mol. The van der Waals surface area contributed by atoms with Gasteiger partial charge in [-0.05, 0) is 106 Å². The first-order chi connectivity index (χ1) is 17.3. The first-order valence-electron chi connectivity index (χ1n) is 13.9. The lowest BCUT2D eigenvalue weighted by Gasteiger charge is -2.07. The van der Waals surface area contributed by atoms with Crippen molar-refractivity contribution in [2.24, 2.45) is 0 Å². The summed E-state index contributed by atoms with van der Waals surface area (Å²) in [5, 5.41) is 4.67. The fourth-order valence-corrected chi connectivity index (χ4v) is 5.07. The number of aryl methyl sites for hydroxylation is 2. The first-order valence-corrected chi connectivity index (χ1v) is 13.9. The van der Waals surface area contributed by atoms with E-state index in [2.05, 4.69) is 113 Å². The Balaban J connectivity index is 0.000000127. The maximum absolute atomic E-state index is 3.37. The molecule has 0 amide bonds. The van der Waals surface area contributed by atoms with Crippen molar-refractivity contribution < 1.29 is 0 Å². The Bertz CT molecular complexity index is 1210. The van der Waals surface area contributed by atoms with Crippen molar-refractivity contribution >= 4 is 16.6 Å². The van der Waals surface area contributed by atoms with Crippen LogP contribution in [0.2, 0.25) is 0 Å². The van der Waals surface area contributed by atoms with E-state index in [1.54, 1.807) is 11.1 Å². The number of hydrogen-bond acceptors (Lipinski definition) is 1. The number of rotatable bonds is 3. The van der Waals surface area contributed by atoms with Gasteiger partial charge in [0.15, 0.2) is 0 Å². The Morgan fingerprint density at radius 1 is 0.583 bits per heavy atom. The maximum Gasteiger partial charge on any atom is 0.0454 e. The van der Waals surface area contributed by atoms with Crippen molar-refractivity contribution in [1.82, 2.24) is 4.98 Å². The van der Waals surface area contributed by atoms with E-state index < -0.39 is 0 Å². The molecule has 6 rings (SSSR count). The Morgan fingerprint density at radius 3 is 1.92 bits per heavy atom. The van der Waals surface area contributed by atoms with Crippen LogP contribution in [0.25, 0.3) is 10.9 Å². The predicted molar refractivity (Wildman–Crippen MR) is 158 cm³/mol. The molecule has 4 aromatic rings. The Morgan fingerprint density at radius 2 is 1.19 bits per heavy atom. The van der Waals surface area contributed by atoms with E-state index in [4.69, 9.17) is 0 Å². The summed E-state index contributed by atoms with van der Waals surface area (Å²) in [5.74, 6) is 1.94. The van der Waals surface area contributed by atoms with E-state index in [9.17, 15) is 0 Å². The van der Waals surface area contributed by atoms with E-state index in [1.807, 2.05) is 6.20 Å². The van der Waals surface area contributed by atoms with Crippen LogP contribution >= 0.6 is 0 Å². The fourth-order valence-electron chi connectivity index (χ4n) is 5.07. The molecule has 1 aromatic heterocycles. The van der Waals surface area contributed by atoms with Gasteiger partial charge in [-0.3, -0.25) is 0 Å². The van der Waals surface area contributed by atoms with Crippen molar-refractivity contribution in [3.05, 3.63) is 100 Å². The number of hydrogen-bond donors (Lipinski definition) is 2. The molecule has 0 spiro atoms. The number of nitrogens with one attached hydrogen (secondary N) is 2. The molecule has 2 N–H and O–H groups in total. The quantitative estimate of drug-likeness (QED) is 0.300. The Kier molecular flexibility index (Phi) is 8.56. The SMILES string of the molecule is CC(C)c1ccc2[nH]ccc2c1.CC(C)c1ccc2c(c1)CCC2.CC(C)c1ccc2c(c1)CCN2. The molecule has 2 nitrogen and oxygen atoms in total. The normalized spacial score (nSPS) is 13.7. The van der Waals surface area contributed by atoms with Gasteiger partial charge < -0.3 is 10.3 Å². The Hall–Kier alpha value is -3.00. The summed E-state index contributed by atoms with van der Waals surface area (Å²) in [4.78, 5) is 3.19. The third kappa shape index (κ3) is 6.40. The molecular weight excluding hydrogens is 436 g/mol. The smallest absolute Gasteiger partial charge is 0.0454 e. The standard InChI is InChI=1S/C12H16.C11H15N.C11H13N/c1-9(2)11-7-6-10-4-3-5-12(10)8-11;2*1-8(2)9-3-4-11-10(7-9)5-6-12-11/h6-9H,3-5H2,1-2H3;3-4,7-8,12H,5-6H2,1-2H3;3-8,12H,1-2H3. The molecule has 0 fully saturated rings. The second kappa shape index (κ2) is 11.8. The van der Waals surface area contributed by atoms with Gasteiger partial charge in [0.1, 0.15) is 0 Å². The van der Waals surface area contributed by atoms with E-state index in [0.717, 1.165) is 6.54 Å². The molecule has 2 aliphatic rings. The number of benzene rings is 3. The first kappa shape index (κ1) is 26.1. The largest absolute Gasteiger partial charge is 0.384 e. The number of H-pyrrole nitrogens is 1. The van der Waals surface area contributed by atoms with Gasteiger partial charge in [-0.1, -0.05) is 77.9 Å². The number of aromatic nitrogens is 1. The molecule has 0 radical (unpaired) electrons. The topological polar surface area (TPSA) is 27.8 Å². The second-order valence-electron chi connectivity index (χ2n) is 11.3. The summed E-state index contributed by atoms with van der Waals surface area (Å²) >= 11 is 0. The minimum Gasteiger partial charge on any atom is -0.384 e. The highest BCUT2D eigenvalue weighted by Gasteiger charge is 2.12. The van der Waals surface area contributed by atoms with Crippen LogP contribution in [0, 0.1) is 0 Å². The summed E-state index contributed by atoms with van der Waals surface area (Å²) < 4.78 is 0. The van der Waals surface area contributed by atoms with Gasteiger partial charge in [0.2, 0.25) is 0 Å². The molecule has 36 heavy (non-hydrogen) atoms. The molecule has 0 saturated heterocycles. The highest BCUT2D eigenvalue weighted by molar-refractivity contribution is 5.80. The summed E-state index contributed by atoms with van der Waals surface area (Å²) in [7, 11) is 0. The fraction of sp³-hybridized carbons (Fsp3) is 0.412. The molecule has 2 heteroatoms. The lowest BCUT2D eigenvalue weighted by Crippen LogP contribution is -1.90. The third-order valence-corrected chi connectivity index (χ3v) is 7.54. The molecule has 1 aliphatic carbocycles. The lowest BCUT2D eigenvalue weighted by molar-refractivity contribution is 0.862. The van der Waals surface area contributed by atoms with Gasteiger partial charge in [-0.15, -0.1) is 0 Å².